The lowest BCUT2D eigenvalue weighted by Crippen LogP contribution is -1.92. The molecule has 0 heterocycles. The van der Waals surface area contributed by atoms with E-state index in [1.54, 1.807) is 0 Å². The number of anilines is 1. The summed E-state index contributed by atoms with van der Waals surface area (Å²) < 4.78 is 13.1. The number of azide groups is 1. The zero-order valence-corrected chi connectivity index (χ0v) is 9.00. The molecule has 1 aromatic rings. The lowest BCUT2D eigenvalue weighted by molar-refractivity contribution is 0.632. The van der Waals surface area contributed by atoms with E-state index in [4.69, 9.17) is 22.9 Å². The maximum Gasteiger partial charge on any atom is 0.147 e. The first-order valence-electron chi connectivity index (χ1n) is 4.39. The van der Waals surface area contributed by atoms with E-state index in [0.717, 1.165) is 0 Å². The molecule has 1 aromatic carbocycles. The van der Waals surface area contributed by atoms with Crippen molar-refractivity contribution in [2.75, 3.05) is 12.3 Å². The van der Waals surface area contributed by atoms with E-state index in [-0.39, 0.29) is 12.2 Å². The maximum absolute atomic E-state index is 13.1. The van der Waals surface area contributed by atoms with Crippen LogP contribution in [0.4, 0.5) is 10.1 Å². The number of benzene rings is 1. The number of hydrogen-bond donors (Lipinski definition) is 1. The van der Waals surface area contributed by atoms with Crippen molar-refractivity contribution >= 4 is 17.3 Å². The van der Waals surface area contributed by atoms with Crippen LogP contribution in [0.15, 0.2) is 17.2 Å². The van der Waals surface area contributed by atoms with Gasteiger partial charge in [-0.05, 0) is 17.7 Å². The second-order valence-electron chi connectivity index (χ2n) is 2.86. The van der Waals surface area contributed by atoms with Gasteiger partial charge in [-0.3, -0.25) is 0 Å². The minimum atomic E-state index is -0.552. The summed E-state index contributed by atoms with van der Waals surface area (Å²) in [5, 5.41) is 3.61. The lowest BCUT2D eigenvalue weighted by atomic mass is 10.2. The standard InChI is InChI=1S/C10H8ClFN4/c11-8-6-10(13)9(12)5-7(8)3-1-2-4-15-16-14/h5-6H,2,4,13H2. The molecular weight excluding hydrogens is 231 g/mol. The Morgan fingerprint density at radius 1 is 1.56 bits per heavy atom. The Morgan fingerprint density at radius 2 is 2.31 bits per heavy atom. The second kappa shape index (κ2) is 5.86. The van der Waals surface area contributed by atoms with Crippen molar-refractivity contribution in [1.29, 1.82) is 0 Å². The topological polar surface area (TPSA) is 74.8 Å². The van der Waals surface area contributed by atoms with Crippen LogP contribution in [0.25, 0.3) is 10.4 Å². The van der Waals surface area contributed by atoms with Crippen molar-refractivity contribution in [3.05, 3.63) is 39.0 Å². The zero-order valence-electron chi connectivity index (χ0n) is 8.24. The molecule has 6 heteroatoms. The molecule has 0 aliphatic carbocycles. The first-order chi connectivity index (χ1) is 7.65. The summed E-state index contributed by atoms with van der Waals surface area (Å²) in [7, 11) is 0. The monoisotopic (exact) mass is 238 g/mol. The second-order valence-corrected chi connectivity index (χ2v) is 3.27. The minimum Gasteiger partial charge on any atom is -0.396 e. The molecule has 0 saturated carbocycles. The summed E-state index contributed by atoms with van der Waals surface area (Å²) in [6.45, 7) is 0.276. The predicted octanol–water partition coefficient (Wildman–Crippen LogP) is 3.11. The van der Waals surface area contributed by atoms with Gasteiger partial charge in [-0.2, -0.15) is 0 Å². The molecule has 0 bridgehead atoms. The highest BCUT2D eigenvalue weighted by Gasteiger charge is 2.03. The number of rotatable bonds is 2. The molecule has 0 aliphatic heterocycles. The highest BCUT2D eigenvalue weighted by atomic mass is 35.5. The molecule has 2 N–H and O–H groups in total. The van der Waals surface area contributed by atoms with Crippen molar-refractivity contribution < 1.29 is 4.39 Å². The minimum absolute atomic E-state index is 0.00960. The fraction of sp³-hybridized carbons (Fsp3) is 0.200. The average Bonchev–Trinajstić information content (AvgIpc) is 2.25. The third-order valence-electron chi connectivity index (χ3n) is 1.71. The van der Waals surface area contributed by atoms with E-state index >= 15 is 0 Å². The van der Waals surface area contributed by atoms with Gasteiger partial charge in [0.05, 0.1) is 10.7 Å². The molecule has 82 valence electrons. The van der Waals surface area contributed by atoms with Gasteiger partial charge in [-0.1, -0.05) is 28.6 Å². The Labute approximate surface area is 96.8 Å². The molecule has 4 nitrogen and oxygen atoms in total. The number of nitrogens with zero attached hydrogens (tertiary/aromatic N) is 3. The van der Waals surface area contributed by atoms with Gasteiger partial charge in [0, 0.05) is 23.4 Å². The molecule has 0 saturated heterocycles. The van der Waals surface area contributed by atoms with Crippen molar-refractivity contribution in [1.82, 2.24) is 0 Å². The van der Waals surface area contributed by atoms with E-state index in [9.17, 15) is 4.39 Å². The first kappa shape index (κ1) is 12.2. The largest absolute Gasteiger partial charge is 0.396 e. The molecule has 0 aliphatic rings. The Hall–Kier alpha value is -1.89. The van der Waals surface area contributed by atoms with E-state index in [2.05, 4.69) is 21.9 Å². The van der Waals surface area contributed by atoms with Gasteiger partial charge in [-0.25, -0.2) is 4.39 Å². The number of nitrogen functional groups attached to an aromatic ring is 1. The van der Waals surface area contributed by atoms with E-state index in [1.807, 2.05) is 0 Å². The smallest absolute Gasteiger partial charge is 0.147 e. The van der Waals surface area contributed by atoms with Gasteiger partial charge in [0.2, 0.25) is 0 Å². The van der Waals surface area contributed by atoms with E-state index < -0.39 is 5.82 Å². The average molecular weight is 239 g/mol. The van der Waals surface area contributed by atoms with Crippen LogP contribution in [-0.4, -0.2) is 6.54 Å². The van der Waals surface area contributed by atoms with Crippen molar-refractivity contribution in [3.63, 3.8) is 0 Å². The number of halogens is 2. The van der Waals surface area contributed by atoms with Gasteiger partial charge in [0.25, 0.3) is 0 Å². The van der Waals surface area contributed by atoms with E-state index in [1.165, 1.54) is 12.1 Å². The lowest BCUT2D eigenvalue weighted by Gasteiger charge is -1.99. The molecule has 0 atom stereocenters. The first-order valence-corrected chi connectivity index (χ1v) is 4.77. The normalized spacial score (nSPS) is 8.88. The van der Waals surface area contributed by atoms with Crippen molar-refractivity contribution in [2.45, 2.75) is 6.42 Å². The fourth-order valence-corrected chi connectivity index (χ4v) is 1.19. The predicted molar refractivity (Wildman–Crippen MR) is 61.3 cm³/mol. The summed E-state index contributed by atoms with van der Waals surface area (Å²) in [6, 6.07) is 2.49. The Kier molecular flexibility index (Phi) is 4.46. The summed E-state index contributed by atoms with van der Waals surface area (Å²) in [5.74, 6) is 4.84. The van der Waals surface area contributed by atoms with Crippen LogP contribution in [0.1, 0.15) is 12.0 Å². The van der Waals surface area contributed by atoms with Crippen molar-refractivity contribution in [2.24, 2.45) is 5.11 Å². The summed E-state index contributed by atoms with van der Waals surface area (Å²) in [4.78, 5) is 2.58. The Bertz CT molecular complexity index is 498. The Balaban J connectivity index is 2.80. The number of hydrogen-bond acceptors (Lipinski definition) is 2. The van der Waals surface area contributed by atoms with Crippen LogP contribution in [-0.2, 0) is 0 Å². The molecule has 1 rings (SSSR count). The Morgan fingerprint density at radius 3 is 3.00 bits per heavy atom. The molecule has 0 fully saturated rings. The SMILES string of the molecule is [N-]=[N+]=NCCC#Cc1cc(F)c(N)cc1Cl. The van der Waals surface area contributed by atoms with Crippen LogP contribution in [0.2, 0.25) is 5.02 Å². The van der Waals surface area contributed by atoms with Gasteiger partial charge < -0.3 is 5.73 Å². The molecule has 0 aromatic heterocycles. The highest BCUT2D eigenvalue weighted by Crippen LogP contribution is 2.21. The molecule has 0 radical (unpaired) electrons. The summed E-state index contributed by atoms with van der Waals surface area (Å²) >= 11 is 5.81. The molecule has 0 spiro atoms. The van der Waals surface area contributed by atoms with Crippen molar-refractivity contribution in [3.8, 4) is 11.8 Å². The van der Waals surface area contributed by atoms with Gasteiger partial charge in [0.15, 0.2) is 0 Å². The molecular formula is C10H8ClFN4. The summed E-state index contributed by atoms with van der Waals surface area (Å²) in [5.41, 5.74) is 13.7. The third kappa shape index (κ3) is 3.35. The zero-order chi connectivity index (χ0) is 12.0. The summed E-state index contributed by atoms with van der Waals surface area (Å²) in [6.07, 6.45) is 0.395. The molecule has 0 amide bonds. The van der Waals surface area contributed by atoms with Crippen LogP contribution in [0.5, 0.6) is 0 Å². The van der Waals surface area contributed by atoms with Gasteiger partial charge >= 0.3 is 0 Å². The van der Waals surface area contributed by atoms with Crippen LogP contribution >= 0.6 is 11.6 Å². The van der Waals surface area contributed by atoms with Gasteiger partial charge in [0.1, 0.15) is 5.82 Å². The quantitative estimate of drug-likeness (QED) is 0.211. The van der Waals surface area contributed by atoms with Crippen LogP contribution < -0.4 is 5.73 Å². The third-order valence-corrected chi connectivity index (χ3v) is 2.02. The van der Waals surface area contributed by atoms with Gasteiger partial charge in [-0.15, -0.1) is 0 Å². The fourth-order valence-electron chi connectivity index (χ4n) is 0.966. The van der Waals surface area contributed by atoms with E-state index in [0.29, 0.717) is 17.0 Å². The van der Waals surface area contributed by atoms with Crippen LogP contribution in [0, 0.1) is 17.7 Å². The molecule has 16 heavy (non-hydrogen) atoms. The highest BCUT2D eigenvalue weighted by molar-refractivity contribution is 6.32. The maximum atomic E-state index is 13.1. The number of nitrogens with two attached hydrogens (primary N) is 1. The van der Waals surface area contributed by atoms with Crippen LogP contribution in [0.3, 0.4) is 0 Å². The molecule has 0 unspecified atom stereocenters.